The van der Waals surface area contributed by atoms with Gasteiger partial charge in [0.25, 0.3) is 5.89 Å². The second kappa shape index (κ2) is 5.11. The van der Waals surface area contributed by atoms with Crippen molar-refractivity contribution in [2.75, 3.05) is 24.5 Å². The van der Waals surface area contributed by atoms with Crippen LogP contribution in [0.25, 0.3) is 11.5 Å². The van der Waals surface area contributed by atoms with Gasteiger partial charge in [-0.25, -0.2) is 4.98 Å². The number of aromatic nitrogens is 3. The van der Waals surface area contributed by atoms with Crippen molar-refractivity contribution >= 4 is 5.82 Å². The van der Waals surface area contributed by atoms with E-state index in [-0.39, 0.29) is 5.41 Å². The van der Waals surface area contributed by atoms with Gasteiger partial charge in [0.2, 0.25) is 0 Å². The Morgan fingerprint density at radius 2 is 2.33 bits per heavy atom. The van der Waals surface area contributed by atoms with Crippen LogP contribution in [0.5, 0.6) is 0 Å². The third-order valence-corrected chi connectivity index (χ3v) is 4.55. The highest BCUT2D eigenvalue weighted by Gasteiger charge is 2.40. The molecule has 0 saturated carbocycles. The molecule has 0 bridgehead atoms. The predicted molar refractivity (Wildman–Crippen MR) is 80.8 cm³/mol. The van der Waals surface area contributed by atoms with Crippen molar-refractivity contribution in [3.8, 4) is 11.5 Å². The van der Waals surface area contributed by atoms with Gasteiger partial charge in [0.1, 0.15) is 5.82 Å². The van der Waals surface area contributed by atoms with Gasteiger partial charge >= 0.3 is 0 Å². The summed E-state index contributed by atoms with van der Waals surface area (Å²) >= 11 is 0. The second-order valence-electron chi connectivity index (χ2n) is 6.16. The summed E-state index contributed by atoms with van der Waals surface area (Å²) in [5, 5.41) is 3.87. The average molecular weight is 287 g/mol. The molecule has 1 saturated heterocycles. The summed E-state index contributed by atoms with van der Waals surface area (Å²) in [6.45, 7) is 8.79. The number of hydrogen-bond acceptors (Lipinski definition) is 6. The molecule has 3 heterocycles. The molecule has 2 aromatic heterocycles. The molecule has 6 heteroatoms. The molecule has 0 radical (unpaired) electrons. The highest BCUT2D eigenvalue weighted by atomic mass is 16.5. The van der Waals surface area contributed by atoms with Gasteiger partial charge in [-0.2, -0.15) is 4.98 Å². The molecule has 2 N–H and O–H groups in total. The van der Waals surface area contributed by atoms with Crippen molar-refractivity contribution in [2.24, 2.45) is 17.1 Å². The van der Waals surface area contributed by atoms with Crippen LogP contribution in [-0.2, 0) is 0 Å². The molecule has 0 unspecified atom stereocenters. The molecule has 21 heavy (non-hydrogen) atoms. The summed E-state index contributed by atoms with van der Waals surface area (Å²) in [7, 11) is 0. The van der Waals surface area contributed by atoms with Crippen molar-refractivity contribution in [3.05, 3.63) is 24.2 Å². The maximum Gasteiger partial charge on any atom is 0.261 e. The van der Waals surface area contributed by atoms with Crippen LogP contribution in [-0.4, -0.2) is 34.8 Å². The molecule has 1 aliphatic rings. The molecular weight excluding hydrogens is 266 g/mol. The predicted octanol–water partition coefficient (Wildman–Crippen LogP) is 1.86. The van der Waals surface area contributed by atoms with E-state index < -0.39 is 0 Å². The maximum atomic E-state index is 5.96. The van der Waals surface area contributed by atoms with Crippen molar-refractivity contribution in [1.82, 2.24) is 15.1 Å². The van der Waals surface area contributed by atoms with Crippen molar-refractivity contribution in [3.63, 3.8) is 0 Å². The summed E-state index contributed by atoms with van der Waals surface area (Å²) in [5.41, 5.74) is 6.96. The lowest BCUT2D eigenvalue weighted by atomic mass is 9.81. The Bertz CT molecular complexity index is 640. The first-order valence-electron chi connectivity index (χ1n) is 7.24. The van der Waals surface area contributed by atoms with E-state index in [1.165, 1.54) is 0 Å². The van der Waals surface area contributed by atoms with Crippen LogP contribution in [0.4, 0.5) is 5.82 Å². The van der Waals surface area contributed by atoms with E-state index in [2.05, 4.69) is 33.9 Å². The summed E-state index contributed by atoms with van der Waals surface area (Å²) < 4.78 is 5.30. The summed E-state index contributed by atoms with van der Waals surface area (Å²) in [6, 6.07) is 3.86. The standard InChI is InChI=1S/C15H21N5O/c1-10-7-20(9-15(10,3)8-16)13-12(5-4-6-17-13)14-18-11(2)19-21-14/h4-6,10H,7-9,16H2,1-3H3/t10-,15-/m1/s1. The summed E-state index contributed by atoms with van der Waals surface area (Å²) in [5.74, 6) is 2.55. The van der Waals surface area contributed by atoms with Gasteiger partial charge in [-0.05, 0) is 31.5 Å². The van der Waals surface area contributed by atoms with Gasteiger partial charge in [-0.15, -0.1) is 0 Å². The average Bonchev–Trinajstić information content (AvgIpc) is 3.04. The minimum atomic E-state index is 0.111. The number of rotatable bonds is 3. The fourth-order valence-corrected chi connectivity index (χ4v) is 2.86. The number of nitrogens with two attached hydrogens (primary N) is 1. The lowest BCUT2D eigenvalue weighted by molar-refractivity contribution is 0.287. The highest BCUT2D eigenvalue weighted by Crippen LogP contribution is 2.39. The van der Waals surface area contributed by atoms with E-state index in [0.29, 0.717) is 24.2 Å². The Balaban J connectivity index is 1.97. The molecule has 0 amide bonds. The first-order valence-corrected chi connectivity index (χ1v) is 7.24. The van der Waals surface area contributed by atoms with E-state index in [1.807, 2.05) is 19.1 Å². The molecule has 0 spiro atoms. The van der Waals surface area contributed by atoms with Crippen LogP contribution >= 0.6 is 0 Å². The number of anilines is 1. The van der Waals surface area contributed by atoms with Crippen LogP contribution in [0.2, 0.25) is 0 Å². The van der Waals surface area contributed by atoms with Crippen molar-refractivity contribution < 1.29 is 4.52 Å². The van der Waals surface area contributed by atoms with Crippen LogP contribution in [0, 0.1) is 18.3 Å². The third-order valence-electron chi connectivity index (χ3n) is 4.55. The minimum absolute atomic E-state index is 0.111. The molecule has 112 valence electrons. The van der Waals surface area contributed by atoms with E-state index >= 15 is 0 Å². The van der Waals surface area contributed by atoms with Gasteiger partial charge < -0.3 is 15.2 Å². The zero-order valence-corrected chi connectivity index (χ0v) is 12.7. The topological polar surface area (TPSA) is 81.1 Å². The first kappa shape index (κ1) is 14.0. The largest absolute Gasteiger partial charge is 0.355 e. The highest BCUT2D eigenvalue weighted by molar-refractivity contribution is 5.70. The molecule has 6 nitrogen and oxygen atoms in total. The summed E-state index contributed by atoms with van der Waals surface area (Å²) in [4.78, 5) is 11.1. The molecule has 3 rings (SSSR count). The van der Waals surface area contributed by atoms with Gasteiger partial charge in [-0.1, -0.05) is 19.0 Å². The number of aryl methyl sites for hydroxylation is 1. The zero-order chi connectivity index (χ0) is 15.0. The molecule has 1 fully saturated rings. The van der Waals surface area contributed by atoms with Crippen LogP contribution in [0.3, 0.4) is 0 Å². The zero-order valence-electron chi connectivity index (χ0n) is 12.7. The molecule has 1 aliphatic heterocycles. The van der Waals surface area contributed by atoms with Crippen molar-refractivity contribution in [2.45, 2.75) is 20.8 Å². The second-order valence-corrected chi connectivity index (χ2v) is 6.16. The third kappa shape index (κ3) is 2.40. The molecule has 0 aliphatic carbocycles. The molecule has 0 aromatic carbocycles. The van der Waals surface area contributed by atoms with Crippen LogP contribution in [0.15, 0.2) is 22.9 Å². The number of pyridine rings is 1. The lowest BCUT2D eigenvalue weighted by Crippen LogP contribution is -2.34. The van der Waals surface area contributed by atoms with Crippen LogP contribution < -0.4 is 10.6 Å². The van der Waals surface area contributed by atoms with E-state index in [1.54, 1.807) is 6.20 Å². The smallest absolute Gasteiger partial charge is 0.261 e. The fourth-order valence-electron chi connectivity index (χ4n) is 2.86. The lowest BCUT2D eigenvalue weighted by Gasteiger charge is -2.26. The quantitative estimate of drug-likeness (QED) is 0.928. The van der Waals surface area contributed by atoms with Gasteiger partial charge in [0.15, 0.2) is 5.82 Å². The van der Waals surface area contributed by atoms with E-state index in [0.717, 1.165) is 24.5 Å². The Morgan fingerprint density at radius 3 is 2.95 bits per heavy atom. The Kier molecular flexibility index (Phi) is 3.41. The van der Waals surface area contributed by atoms with Gasteiger partial charge in [0, 0.05) is 24.7 Å². The SMILES string of the molecule is Cc1noc(-c2cccnc2N2C[C@@H](C)[C@](C)(CN)C2)n1. The van der Waals surface area contributed by atoms with E-state index in [9.17, 15) is 0 Å². The minimum Gasteiger partial charge on any atom is -0.355 e. The monoisotopic (exact) mass is 287 g/mol. The van der Waals surface area contributed by atoms with E-state index in [4.69, 9.17) is 10.3 Å². The van der Waals surface area contributed by atoms with Gasteiger partial charge in [0.05, 0.1) is 5.56 Å². The van der Waals surface area contributed by atoms with Crippen LogP contribution in [0.1, 0.15) is 19.7 Å². The summed E-state index contributed by atoms with van der Waals surface area (Å²) in [6.07, 6.45) is 1.80. The Labute approximate surface area is 124 Å². The molecular formula is C15H21N5O. The molecule has 2 atom stereocenters. The Morgan fingerprint density at radius 1 is 1.52 bits per heavy atom. The normalized spacial score (nSPS) is 25.5. The maximum absolute atomic E-state index is 5.96. The van der Waals surface area contributed by atoms with Crippen molar-refractivity contribution in [1.29, 1.82) is 0 Å². The fraction of sp³-hybridized carbons (Fsp3) is 0.533. The molecule has 2 aromatic rings. The van der Waals surface area contributed by atoms with Gasteiger partial charge in [-0.3, -0.25) is 0 Å². The Hall–Kier alpha value is -1.95. The number of hydrogen-bond donors (Lipinski definition) is 1. The number of nitrogens with zero attached hydrogens (tertiary/aromatic N) is 4. The first-order chi connectivity index (χ1) is 10.0.